The molecule has 0 unspecified atom stereocenters. The zero-order chi connectivity index (χ0) is 10.6. The van der Waals surface area contributed by atoms with Crippen molar-refractivity contribution in [1.82, 2.24) is 0 Å². The fourth-order valence-corrected chi connectivity index (χ4v) is 1.39. The van der Waals surface area contributed by atoms with Crippen LogP contribution in [0.4, 0.5) is 11.4 Å². The van der Waals surface area contributed by atoms with Gasteiger partial charge in [0.1, 0.15) is 0 Å². The van der Waals surface area contributed by atoms with Gasteiger partial charge in [-0.15, -0.1) is 11.8 Å². The van der Waals surface area contributed by atoms with E-state index in [1.54, 1.807) is 11.8 Å². The Balaban J connectivity index is 3.17. The molecule has 0 aromatic heterocycles. The lowest BCUT2D eigenvalue weighted by Crippen LogP contribution is -1.91. The highest BCUT2D eigenvalue weighted by atomic mass is 32.2. The van der Waals surface area contributed by atoms with Crippen LogP contribution in [-0.4, -0.2) is 18.3 Å². The molecule has 0 fully saturated rings. The van der Waals surface area contributed by atoms with Gasteiger partial charge in [0.15, 0.2) is 0 Å². The van der Waals surface area contributed by atoms with Gasteiger partial charge in [0.25, 0.3) is 0 Å². The molecule has 0 aliphatic heterocycles. The molecule has 0 radical (unpaired) electrons. The first-order valence-corrected chi connectivity index (χ1v) is 5.78. The van der Waals surface area contributed by atoms with Gasteiger partial charge in [-0.3, -0.25) is 0 Å². The van der Waals surface area contributed by atoms with Crippen LogP contribution in [0, 0.1) is 6.92 Å². The van der Waals surface area contributed by atoms with E-state index in [-0.39, 0.29) is 0 Å². The summed E-state index contributed by atoms with van der Waals surface area (Å²) in [6, 6.07) is 6.15. The van der Waals surface area contributed by atoms with Crippen LogP contribution in [0.15, 0.2) is 23.2 Å². The second kappa shape index (κ2) is 5.05. The molecule has 1 aromatic carbocycles. The van der Waals surface area contributed by atoms with Crippen molar-refractivity contribution < 1.29 is 0 Å². The third-order valence-corrected chi connectivity index (χ3v) is 2.75. The van der Waals surface area contributed by atoms with Gasteiger partial charge in [-0.25, -0.2) is 4.99 Å². The van der Waals surface area contributed by atoms with E-state index in [0.717, 1.165) is 16.4 Å². The van der Waals surface area contributed by atoms with Crippen molar-refractivity contribution in [2.24, 2.45) is 4.99 Å². The molecule has 14 heavy (non-hydrogen) atoms. The summed E-state index contributed by atoms with van der Waals surface area (Å²) in [4.78, 5) is 4.56. The van der Waals surface area contributed by atoms with Crippen LogP contribution in [0.3, 0.4) is 0 Å². The zero-order valence-corrected chi connectivity index (χ0v) is 9.90. The SMILES string of the molecule is CNc1cccc(C)c1N=C(C)SC. The maximum Gasteiger partial charge on any atom is 0.0899 e. The summed E-state index contributed by atoms with van der Waals surface area (Å²) >= 11 is 1.67. The van der Waals surface area contributed by atoms with Gasteiger partial charge in [-0.1, -0.05) is 12.1 Å². The van der Waals surface area contributed by atoms with Gasteiger partial charge in [0, 0.05) is 7.05 Å². The molecule has 3 heteroatoms. The van der Waals surface area contributed by atoms with E-state index < -0.39 is 0 Å². The van der Waals surface area contributed by atoms with Crippen molar-refractivity contribution in [2.45, 2.75) is 13.8 Å². The number of thioether (sulfide) groups is 1. The van der Waals surface area contributed by atoms with Gasteiger partial charge >= 0.3 is 0 Å². The second-order valence-electron chi connectivity index (χ2n) is 3.06. The normalized spacial score (nSPS) is 11.6. The zero-order valence-electron chi connectivity index (χ0n) is 9.09. The van der Waals surface area contributed by atoms with Crippen LogP contribution in [0.25, 0.3) is 0 Å². The van der Waals surface area contributed by atoms with Crippen molar-refractivity contribution in [1.29, 1.82) is 0 Å². The van der Waals surface area contributed by atoms with Crippen molar-refractivity contribution in [3.05, 3.63) is 23.8 Å². The molecule has 0 saturated heterocycles. The molecule has 0 heterocycles. The van der Waals surface area contributed by atoms with E-state index in [0.29, 0.717) is 0 Å². The monoisotopic (exact) mass is 208 g/mol. The first-order chi connectivity index (χ1) is 6.69. The first kappa shape index (κ1) is 11.1. The fourth-order valence-electron chi connectivity index (χ4n) is 1.21. The summed E-state index contributed by atoms with van der Waals surface area (Å²) < 4.78 is 0. The highest BCUT2D eigenvalue weighted by Gasteiger charge is 2.02. The third kappa shape index (κ3) is 2.51. The number of aliphatic imine (C=N–C) groups is 1. The molecule has 0 amide bonds. The first-order valence-electron chi connectivity index (χ1n) is 4.55. The van der Waals surface area contributed by atoms with Crippen LogP contribution >= 0.6 is 11.8 Å². The molecular weight excluding hydrogens is 192 g/mol. The van der Waals surface area contributed by atoms with E-state index in [2.05, 4.69) is 23.3 Å². The van der Waals surface area contributed by atoms with Gasteiger partial charge in [-0.2, -0.15) is 0 Å². The standard InChI is InChI=1S/C11H16N2S/c1-8-6-5-7-10(12-3)11(8)13-9(2)14-4/h5-7,12H,1-4H3. The van der Waals surface area contributed by atoms with Crippen LogP contribution in [0.2, 0.25) is 0 Å². The van der Waals surface area contributed by atoms with Crippen molar-refractivity contribution in [3.8, 4) is 0 Å². The molecule has 76 valence electrons. The van der Waals surface area contributed by atoms with Crippen molar-refractivity contribution >= 4 is 28.2 Å². The lowest BCUT2D eigenvalue weighted by molar-refractivity contribution is 1.37. The smallest absolute Gasteiger partial charge is 0.0899 e. The largest absolute Gasteiger partial charge is 0.386 e. The van der Waals surface area contributed by atoms with Gasteiger partial charge < -0.3 is 5.32 Å². The lowest BCUT2D eigenvalue weighted by Gasteiger charge is -2.08. The number of rotatable bonds is 2. The van der Waals surface area contributed by atoms with Crippen LogP contribution in [0.1, 0.15) is 12.5 Å². The van der Waals surface area contributed by atoms with E-state index in [4.69, 9.17) is 0 Å². The van der Waals surface area contributed by atoms with Gasteiger partial charge in [0.05, 0.1) is 16.4 Å². The summed E-state index contributed by atoms with van der Waals surface area (Å²) in [7, 11) is 1.92. The Morgan fingerprint density at radius 2 is 2.14 bits per heavy atom. The Hall–Kier alpha value is -0.960. The summed E-state index contributed by atoms with van der Waals surface area (Å²) in [5, 5.41) is 4.23. The molecule has 1 N–H and O–H groups in total. The predicted octanol–water partition coefficient (Wildman–Crippen LogP) is 3.45. The number of nitrogens with zero attached hydrogens (tertiary/aromatic N) is 1. The average Bonchev–Trinajstić information content (AvgIpc) is 2.20. The Labute approximate surface area is 89.8 Å². The Bertz CT molecular complexity index is 345. The van der Waals surface area contributed by atoms with Crippen molar-refractivity contribution in [2.75, 3.05) is 18.6 Å². The highest BCUT2D eigenvalue weighted by molar-refractivity contribution is 8.13. The van der Waals surface area contributed by atoms with E-state index in [1.165, 1.54) is 5.56 Å². The fraction of sp³-hybridized carbons (Fsp3) is 0.364. The summed E-state index contributed by atoms with van der Waals surface area (Å²) in [5.74, 6) is 0. The molecule has 0 bridgehead atoms. The maximum absolute atomic E-state index is 4.56. The minimum Gasteiger partial charge on any atom is -0.386 e. The Morgan fingerprint density at radius 1 is 1.43 bits per heavy atom. The molecule has 0 aliphatic carbocycles. The van der Waals surface area contributed by atoms with E-state index in [9.17, 15) is 0 Å². The summed E-state index contributed by atoms with van der Waals surface area (Å²) in [6.45, 7) is 4.10. The number of benzene rings is 1. The van der Waals surface area contributed by atoms with Crippen molar-refractivity contribution in [3.63, 3.8) is 0 Å². The lowest BCUT2D eigenvalue weighted by atomic mass is 10.2. The van der Waals surface area contributed by atoms with E-state index >= 15 is 0 Å². The molecule has 0 atom stereocenters. The van der Waals surface area contributed by atoms with Gasteiger partial charge in [-0.05, 0) is 31.7 Å². The number of anilines is 1. The van der Waals surface area contributed by atoms with Crippen LogP contribution in [-0.2, 0) is 0 Å². The molecule has 0 spiro atoms. The molecule has 1 aromatic rings. The average molecular weight is 208 g/mol. The number of nitrogens with one attached hydrogen (secondary N) is 1. The number of hydrogen-bond acceptors (Lipinski definition) is 3. The number of hydrogen-bond donors (Lipinski definition) is 1. The quantitative estimate of drug-likeness (QED) is 0.594. The molecule has 2 nitrogen and oxygen atoms in total. The maximum atomic E-state index is 4.56. The molecular formula is C11H16N2S. The van der Waals surface area contributed by atoms with Gasteiger partial charge in [0.2, 0.25) is 0 Å². The third-order valence-electron chi connectivity index (χ3n) is 2.07. The highest BCUT2D eigenvalue weighted by Crippen LogP contribution is 2.29. The van der Waals surface area contributed by atoms with Crippen LogP contribution < -0.4 is 5.32 Å². The second-order valence-corrected chi connectivity index (χ2v) is 4.06. The molecule has 0 aliphatic rings. The number of para-hydroxylation sites is 1. The summed E-state index contributed by atoms with van der Waals surface area (Å²) in [5.41, 5.74) is 3.32. The topological polar surface area (TPSA) is 24.4 Å². The Kier molecular flexibility index (Phi) is 4.01. The summed E-state index contributed by atoms with van der Waals surface area (Å²) in [6.07, 6.45) is 2.04. The molecule has 1 rings (SSSR count). The predicted molar refractivity (Wildman–Crippen MR) is 67.0 cm³/mol. The van der Waals surface area contributed by atoms with E-state index in [1.807, 2.05) is 32.4 Å². The minimum absolute atomic E-state index is 1.04. The Morgan fingerprint density at radius 3 is 2.71 bits per heavy atom. The van der Waals surface area contributed by atoms with Crippen LogP contribution in [0.5, 0.6) is 0 Å². The number of aryl methyl sites for hydroxylation is 1. The minimum atomic E-state index is 1.04. The molecule has 0 saturated carbocycles.